The van der Waals surface area contributed by atoms with Crippen LogP contribution in [0.25, 0.3) is 16.8 Å². The van der Waals surface area contributed by atoms with Crippen molar-refractivity contribution in [1.29, 1.82) is 0 Å². The van der Waals surface area contributed by atoms with Crippen molar-refractivity contribution in [2.45, 2.75) is 13.0 Å². The van der Waals surface area contributed by atoms with Crippen LogP contribution in [-0.2, 0) is 0 Å². The largest absolute Gasteiger partial charge is 0.323 e. The van der Waals surface area contributed by atoms with Gasteiger partial charge in [0.2, 0.25) is 0 Å². The van der Waals surface area contributed by atoms with E-state index in [0.29, 0.717) is 0 Å². The average molecular weight is 264 g/mol. The molecule has 0 saturated heterocycles. The van der Waals surface area contributed by atoms with Gasteiger partial charge in [0.25, 0.3) is 0 Å². The molecule has 2 N–H and O–H groups in total. The lowest BCUT2D eigenvalue weighted by Crippen LogP contribution is -2.07. The molecule has 2 heterocycles. The van der Waals surface area contributed by atoms with E-state index in [4.69, 9.17) is 5.73 Å². The zero-order chi connectivity index (χ0) is 13.9. The lowest BCUT2D eigenvalue weighted by atomic mass is 10.1. The molecule has 0 unspecified atom stereocenters. The number of nitrogens with zero attached hydrogens (tertiary/aromatic N) is 3. The number of rotatable bonds is 3. The second-order valence-corrected chi connectivity index (χ2v) is 4.77. The van der Waals surface area contributed by atoms with Gasteiger partial charge in [-0.1, -0.05) is 30.3 Å². The van der Waals surface area contributed by atoms with Crippen molar-refractivity contribution in [1.82, 2.24) is 14.8 Å². The summed E-state index contributed by atoms with van der Waals surface area (Å²) in [6.07, 6.45) is 5.65. The summed E-state index contributed by atoms with van der Waals surface area (Å²) in [5.74, 6) is 0. The zero-order valence-corrected chi connectivity index (χ0v) is 11.3. The van der Waals surface area contributed by atoms with Crippen LogP contribution in [0.5, 0.6) is 0 Å². The summed E-state index contributed by atoms with van der Waals surface area (Å²) in [5.41, 5.74) is 9.84. The van der Waals surface area contributed by atoms with Crippen LogP contribution >= 0.6 is 0 Å². The lowest BCUT2D eigenvalue weighted by Gasteiger charge is -2.05. The summed E-state index contributed by atoms with van der Waals surface area (Å²) >= 11 is 0. The van der Waals surface area contributed by atoms with Crippen molar-refractivity contribution in [2.75, 3.05) is 0 Å². The molecule has 100 valence electrons. The number of hydrogen-bond donors (Lipinski definition) is 1. The quantitative estimate of drug-likeness (QED) is 0.791. The molecule has 0 spiro atoms. The Morgan fingerprint density at radius 1 is 1.00 bits per heavy atom. The van der Waals surface area contributed by atoms with Gasteiger partial charge in [0.15, 0.2) is 0 Å². The van der Waals surface area contributed by atoms with Crippen LogP contribution < -0.4 is 5.73 Å². The van der Waals surface area contributed by atoms with Crippen LogP contribution in [0.2, 0.25) is 0 Å². The van der Waals surface area contributed by atoms with E-state index in [2.05, 4.69) is 22.2 Å². The Labute approximate surface area is 117 Å². The molecule has 0 fully saturated rings. The molecular weight excluding hydrogens is 248 g/mol. The second kappa shape index (κ2) is 5.27. The van der Waals surface area contributed by atoms with Crippen molar-refractivity contribution >= 4 is 0 Å². The van der Waals surface area contributed by atoms with Crippen LogP contribution in [0, 0.1) is 0 Å². The standard InChI is InChI=1S/C16H16N4/c1-12(17)16-8-7-15(10-18-16)20-11-14(9-19-20)13-5-3-2-4-6-13/h2-12H,17H2,1H3/t12-/m1/s1. The minimum atomic E-state index is -0.0541. The van der Waals surface area contributed by atoms with Gasteiger partial charge in [-0.3, -0.25) is 4.98 Å². The Kier molecular flexibility index (Phi) is 3.31. The Hall–Kier alpha value is -2.46. The van der Waals surface area contributed by atoms with Crippen molar-refractivity contribution in [3.8, 4) is 16.8 Å². The van der Waals surface area contributed by atoms with E-state index in [9.17, 15) is 0 Å². The topological polar surface area (TPSA) is 56.7 Å². The molecule has 3 rings (SSSR count). The van der Waals surface area contributed by atoms with Gasteiger partial charge in [0.05, 0.1) is 23.8 Å². The predicted molar refractivity (Wildman–Crippen MR) is 79.4 cm³/mol. The molecule has 0 aliphatic rings. The van der Waals surface area contributed by atoms with Gasteiger partial charge >= 0.3 is 0 Å². The first-order valence-electron chi connectivity index (χ1n) is 6.56. The number of benzene rings is 1. The van der Waals surface area contributed by atoms with E-state index in [1.54, 1.807) is 6.20 Å². The normalized spacial score (nSPS) is 12.3. The summed E-state index contributed by atoms with van der Waals surface area (Å²) in [5, 5.41) is 4.38. The maximum absolute atomic E-state index is 5.80. The number of aromatic nitrogens is 3. The highest BCUT2D eigenvalue weighted by Crippen LogP contribution is 2.19. The summed E-state index contributed by atoms with van der Waals surface area (Å²) in [4.78, 5) is 4.35. The first-order valence-corrected chi connectivity index (χ1v) is 6.56. The molecule has 0 radical (unpaired) electrons. The SMILES string of the molecule is C[C@@H](N)c1ccc(-n2cc(-c3ccccc3)cn2)cn1. The fraction of sp³-hybridized carbons (Fsp3) is 0.125. The molecule has 0 amide bonds. The van der Waals surface area contributed by atoms with Gasteiger partial charge in [-0.15, -0.1) is 0 Å². The van der Waals surface area contributed by atoms with E-state index in [0.717, 1.165) is 22.5 Å². The third kappa shape index (κ3) is 2.46. The highest BCUT2D eigenvalue weighted by atomic mass is 15.3. The Morgan fingerprint density at radius 3 is 2.45 bits per heavy atom. The fourth-order valence-electron chi connectivity index (χ4n) is 2.05. The predicted octanol–water partition coefficient (Wildman–Crippen LogP) is 2.95. The molecule has 4 heteroatoms. The first kappa shape index (κ1) is 12.6. The fourth-order valence-corrected chi connectivity index (χ4v) is 2.05. The van der Waals surface area contributed by atoms with Crippen molar-refractivity contribution in [2.24, 2.45) is 5.73 Å². The van der Waals surface area contributed by atoms with Crippen LogP contribution in [0.3, 0.4) is 0 Å². The number of hydrogen-bond acceptors (Lipinski definition) is 3. The minimum Gasteiger partial charge on any atom is -0.323 e. The van der Waals surface area contributed by atoms with E-state index < -0.39 is 0 Å². The third-order valence-corrected chi connectivity index (χ3v) is 3.19. The zero-order valence-electron chi connectivity index (χ0n) is 11.3. The van der Waals surface area contributed by atoms with E-state index in [1.165, 1.54) is 0 Å². The van der Waals surface area contributed by atoms with Gasteiger partial charge in [-0.2, -0.15) is 5.10 Å². The number of pyridine rings is 1. The second-order valence-electron chi connectivity index (χ2n) is 4.77. The summed E-state index contributed by atoms with van der Waals surface area (Å²) in [7, 11) is 0. The molecule has 0 saturated carbocycles. The summed E-state index contributed by atoms with van der Waals surface area (Å²) in [6.45, 7) is 1.92. The van der Waals surface area contributed by atoms with Gasteiger partial charge in [0.1, 0.15) is 0 Å². The van der Waals surface area contributed by atoms with Gasteiger partial charge in [-0.05, 0) is 24.6 Å². The van der Waals surface area contributed by atoms with E-state index in [1.807, 2.05) is 54.3 Å². The molecule has 0 bridgehead atoms. The van der Waals surface area contributed by atoms with Crippen molar-refractivity contribution in [3.05, 3.63) is 66.7 Å². The van der Waals surface area contributed by atoms with Gasteiger partial charge in [-0.25, -0.2) is 4.68 Å². The molecule has 0 aliphatic heterocycles. The minimum absolute atomic E-state index is 0.0541. The maximum atomic E-state index is 5.80. The van der Waals surface area contributed by atoms with Crippen LogP contribution in [0.4, 0.5) is 0 Å². The molecule has 3 aromatic rings. The summed E-state index contributed by atoms with van der Waals surface area (Å²) < 4.78 is 1.82. The van der Waals surface area contributed by atoms with Crippen molar-refractivity contribution < 1.29 is 0 Å². The maximum Gasteiger partial charge on any atom is 0.0829 e. The lowest BCUT2D eigenvalue weighted by molar-refractivity contribution is 0.775. The molecule has 2 aromatic heterocycles. The molecule has 1 atom stereocenters. The monoisotopic (exact) mass is 264 g/mol. The number of nitrogens with two attached hydrogens (primary N) is 1. The molecular formula is C16H16N4. The molecule has 0 aliphatic carbocycles. The highest BCUT2D eigenvalue weighted by molar-refractivity contribution is 5.61. The Bertz CT molecular complexity index is 684. The van der Waals surface area contributed by atoms with E-state index >= 15 is 0 Å². The molecule has 1 aromatic carbocycles. The first-order chi connectivity index (χ1) is 9.74. The van der Waals surface area contributed by atoms with Crippen LogP contribution in [-0.4, -0.2) is 14.8 Å². The van der Waals surface area contributed by atoms with Crippen LogP contribution in [0.15, 0.2) is 61.1 Å². The van der Waals surface area contributed by atoms with Crippen LogP contribution in [0.1, 0.15) is 18.7 Å². The molecule has 20 heavy (non-hydrogen) atoms. The van der Waals surface area contributed by atoms with E-state index in [-0.39, 0.29) is 6.04 Å². The Morgan fingerprint density at radius 2 is 1.80 bits per heavy atom. The Balaban J connectivity index is 1.90. The van der Waals surface area contributed by atoms with Crippen molar-refractivity contribution in [3.63, 3.8) is 0 Å². The van der Waals surface area contributed by atoms with Gasteiger partial charge < -0.3 is 5.73 Å². The smallest absolute Gasteiger partial charge is 0.0829 e. The molecule has 4 nitrogen and oxygen atoms in total. The summed E-state index contributed by atoms with van der Waals surface area (Å²) in [6, 6.07) is 14.0. The highest BCUT2D eigenvalue weighted by Gasteiger charge is 2.05. The third-order valence-electron chi connectivity index (χ3n) is 3.19. The average Bonchev–Trinajstić information content (AvgIpc) is 2.98. The van der Waals surface area contributed by atoms with Gasteiger partial charge in [0, 0.05) is 17.8 Å².